The van der Waals surface area contributed by atoms with Gasteiger partial charge in [-0.25, -0.2) is 8.78 Å². The lowest BCUT2D eigenvalue weighted by atomic mass is 10.1. The molecule has 0 aromatic heterocycles. The van der Waals surface area contributed by atoms with E-state index < -0.39 is 6.43 Å². The van der Waals surface area contributed by atoms with Gasteiger partial charge in [-0.3, -0.25) is 0 Å². The summed E-state index contributed by atoms with van der Waals surface area (Å²) in [6.45, 7) is 0.141. The first-order chi connectivity index (χ1) is 6.72. The third-order valence-electron chi connectivity index (χ3n) is 2.09. The van der Waals surface area contributed by atoms with Crippen LogP contribution in [0.1, 0.15) is 17.6 Å². The molecule has 14 heavy (non-hydrogen) atoms. The van der Waals surface area contributed by atoms with Gasteiger partial charge in [0, 0.05) is 12.1 Å². The van der Waals surface area contributed by atoms with E-state index in [0.717, 1.165) is 0 Å². The Morgan fingerprint density at radius 1 is 1.29 bits per heavy atom. The van der Waals surface area contributed by atoms with Crippen LogP contribution in [0, 0.1) is 0 Å². The molecule has 1 aliphatic rings. The van der Waals surface area contributed by atoms with Crippen molar-refractivity contribution in [1.82, 2.24) is 0 Å². The first kappa shape index (κ1) is 9.21. The standard InChI is InChI=1S/C9H9F2NO2/c10-9(11)6-2-8-7(13-4-14-8)1-5(6)3-12/h1-2,9H,3-4,12H2. The number of benzene rings is 1. The van der Waals surface area contributed by atoms with E-state index in [9.17, 15) is 8.78 Å². The fourth-order valence-electron chi connectivity index (χ4n) is 1.38. The van der Waals surface area contributed by atoms with Crippen LogP contribution in [0.2, 0.25) is 0 Å². The smallest absolute Gasteiger partial charge is 0.264 e. The number of nitrogens with two attached hydrogens (primary N) is 1. The van der Waals surface area contributed by atoms with Gasteiger partial charge in [-0.15, -0.1) is 0 Å². The van der Waals surface area contributed by atoms with Crippen molar-refractivity contribution >= 4 is 0 Å². The fraction of sp³-hybridized carbons (Fsp3) is 0.333. The highest BCUT2D eigenvalue weighted by atomic mass is 19.3. The average molecular weight is 201 g/mol. The van der Waals surface area contributed by atoms with Gasteiger partial charge in [-0.2, -0.15) is 0 Å². The number of rotatable bonds is 2. The number of fused-ring (bicyclic) bond motifs is 1. The van der Waals surface area contributed by atoms with E-state index in [1.165, 1.54) is 12.1 Å². The Balaban J connectivity index is 2.49. The molecule has 0 saturated heterocycles. The summed E-state index contributed by atoms with van der Waals surface area (Å²) in [5.41, 5.74) is 5.66. The van der Waals surface area contributed by atoms with Gasteiger partial charge in [0.05, 0.1) is 0 Å². The maximum atomic E-state index is 12.5. The zero-order valence-corrected chi connectivity index (χ0v) is 7.30. The lowest BCUT2D eigenvalue weighted by Gasteiger charge is -2.07. The van der Waals surface area contributed by atoms with E-state index in [1.807, 2.05) is 0 Å². The van der Waals surface area contributed by atoms with Gasteiger partial charge in [0.1, 0.15) is 0 Å². The topological polar surface area (TPSA) is 44.5 Å². The molecule has 0 saturated carbocycles. The molecule has 0 atom stereocenters. The summed E-state index contributed by atoms with van der Waals surface area (Å²) in [6, 6.07) is 2.79. The van der Waals surface area contributed by atoms with Crippen LogP contribution >= 0.6 is 0 Å². The molecule has 0 amide bonds. The van der Waals surface area contributed by atoms with Gasteiger partial charge in [-0.05, 0) is 17.7 Å². The second-order valence-corrected chi connectivity index (χ2v) is 2.91. The summed E-state index contributed by atoms with van der Waals surface area (Å²) < 4.78 is 35.1. The van der Waals surface area contributed by atoms with Crippen molar-refractivity contribution in [3.8, 4) is 11.5 Å². The van der Waals surface area contributed by atoms with Crippen LogP contribution in [0.25, 0.3) is 0 Å². The second-order valence-electron chi connectivity index (χ2n) is 2.91. The van der Waals surface area contributed by atoms with Gasteiger partial charge < -0.3 is 15.2 Å². The van der Waals surface area contributed by atoms with Crippen molar-refractivity contribution in [3.05, 3.63) is 23.3 Å². The quantitative estimate of drug-likeness (QED) is 0.793. The Hall–Kier alpha value is -1.36. The highest BCUT2D eigenvalue weighted by molar-refractivity contribution is 5.49. The van der Waals surface area contributed by atoms with E-state index in [2.05, 4.69) is 0 Å². The van der Waals surface area contributed by atoms with Gasteiger partial charge in [-0.1, -0.05) is 0 Å². The zero-order valence-electron chi connectivity index (χ0n) is 7.30. The van der Waals surface area contributed by atoms with Crippen LogP contribution < -0.4 is 15.2 Å². The van der Waals surface area contributed by atoms with Crippen molar-refractivity contribution in [3.63, 3.8) is 0 Å². The Bertz CT molecular complexity index is 355. The highest BCUT2D eigenvalue weighted by Gasteiger charge is 2.20. The van der Waals surface area contributed by atoms with E-state index >= 15 is 0 Å². The number of alkyl halides is 2. The first-order valence-electron chi connectivity index (χ1n) is 4.13. The van der Waals surface area contributed by atoms with E-state index in [4.69, 9.17) is 15.2 Å². The third kappa shape index (κ3) is 1.39. The van der Waals surface area contributed by atoms with Crippen LogP contribution in [-0.2, 0) is 6.54 Å². The van der Waals surface area contributed by atoms with Crippen molar-refractivity contribution in [2.24, 2.45) is 5.73 Å². The number of hydrogen-bond donors (Lipinski definition) is 1. The van der Waals surface area contributed by atoms with Gasteiger partial charge in [0.2, 0.25) is 6.79 Å². The van der Waals surface area contributed by atoms with Crippen molar-refractivity contribution < 1.29 is 18.3 Å². The van der Waals surface area contributed by atoms with Gasteiger partial charge in [0.15, 0.2) is 11.5 Å². The van der Waals surface area contributed by atoms with Gasteiger partial charge >= 0.3 is 0 Å². The normalized spacial score (nSPS) is 13.7. The Morgan fingerprint density at radius 2 is 1.93 bits per heavy atom. The molecule has 76 valence electrons. The lowest BCUT2D eigenvalue weighted by Crippen LogP contribution is -2.01. The lowest BCUT2D eigenvalue weighted by molar-refractivity contribution is 0.149. The molecule has 2 N–H and O–H groups in total. The van der Waals surface area contributed by atoms with E-state index in [-0.39, 0.29) is 18.9 Å². The maximum Gasteiger partial charge on any atom is 0.264 e. The molecule has 1 aromatic rings. The molecule has 1 aliphatic heterocycles. The minimum Gasteiger partial charge on any atom is -0.454 e. The summed E-state index contributed by atoms with van der Waals surface area (Å²) in [7, 11) is 0. The molecule has 0 bridgehead atoms. The van der Waals surface area contributed by atoms with Crippen LogP contribution in [-0.4, -0.2) is 6.79 Å². The summed E-state index contributed by atoms with van der Waals surface area (Å²) in [5, 5.41) is 0. The number of hydrogen-bond acceptors (Lipinski definition) is 3. The number of halogens is 2. The molecule has 0 aliphatic carbocycles. The Morgan fingerprint density at radius 3 is 2.50 bits per heavy atom. The molecular formula is C9H9F2NO2. The van der Waals surface area contributed by atoms with Crippen molar-refractivity contribution in [2.75, 3.05) is 6.79 Å². The largest absolute Gasteiger partial charge is 0.454 e. The predicted octanol–water partition coefficient (Wildman–Crippen LogP) is 1.81. The monoisotopic (exact) mass is 201 g/mol. The summed E-state index contributed by atoms with van der Waals surface area (Å²) >= 11 is 0. The molecule has 2 rings (SSSR count). The molecule has 5 heteroatoms. The van der Waals surface area contributed by atoms with Crippen LogP contribution in [0.3, 0.4) is 0 Å². The number of ether oxygens (including phenoxy) is 2. The minimum absolute atomic E-state index is 0.0658. The van der Waals surface area contributed by atoms with Gasteiger partial charge in [0.25, 0.3) is 6.43 Å². The minimum atomic E-state index is -2.54. The molecule has 0 fully saturated rings. The van der Waals surface area contributed by atoms with Crippen LogP contribution in [0.4, 0.5) is 8.78 Å². The SMILES string of the molecule is NCc1cc2c(cc1C(F)F)OCO2. The third-order valence-corrected chi connectivity index (χ3v) is 2.09. The fourth-order valence-corrected chi connectivity index (χ4v) is 1.38. The van der Waals surface area contributed by atoms with Crippen LogP contribution in [0.5, 0.6) is 11.5 Å². The Labute approximate surface area is 79.4 Å². The zero-order chi connectivity index (χ0) is 10.1. The summed E-state index contributed by atoms with van der Waals surface area (Å²) in [6.07, 6.45) is -2.54. The first-order valence-corrected chi connectivity index (χ1v) is 4.13. The molecule has 1 aromatic carbocycles. The molecule has 1 heterocycles. The molecule has 0 radical (unpaired) electrons. The molecular weight excluding hydrogens is 192 g/mol. The second kappa shape index (κ2) is 3.42. The van der Waals surface area contributed by atoms with Crippen molar-refractivity contribution in [1.29, 1.82) is 0 Å². The predicted molar refractivity (Wildman–Crippen MR) is 45.4 cm³/mol. The molecule has 0 unspecified atom stereocenters. The van der Waals surface area contributed by atoms with Crippen molar-refractivity contribution in [2.45, 2.75) is 13.0 Å². The molecule has 0 spiro atoms. The maximum absolute atomic E-state index is 12.5. The van der Waals surface area contributed by atoms with Crippen LogP contribution in [0.15, 0.2) is 12.1 Å². The van der Waals surface area contributed by atoms with E-state index in [1.54, 1.807) is 0 Å². The highest BCUT2D eigenvalue weighted by Crippen LogP contribution is 2.37. The van der Waals surface area contributed by atoms with E-state index in [0.29, 0.717) is 17.1 Å². The summed E-state index contributed by atoms with van der Waals surface area (Å²) in [4.78, 5) is 0. The molecule has 3 nitrogen and oxygen atoms in total. The average Bonchev–Trinajstić information content (AvgIpc) is 2.62. The Kier molecular flexibility index (Phi) is 2.25. The summed E-state index contributed by atoms with van der Waals surface area (Å²) in [5.74, 6) is 0.840.